The minimum absolute atomic E-state index is 0.0376. The Kier molecular flexibility index (Phi) is 2.35. The Hall–Kier alpha value is -1.19. The highest BCUT2D eigenvalue weighted by atomic mass is 35.5. The molecule has 0 N–H and O–H groups in total. The predicted molar refractivity (Wildman–Crippen MR) is 54.9 cm³/mol. The first kappa shape index (κ1) is 9.37. The number of aromatic nitrogens is 2. The van der Waals surface area contributed by atoms with Crippen LogP contribution < -0.4 is 0 Å². The molecule has 2 aromatic rings. The van der Waals surface area contributed by atoms with Gasteiger partial charge in [-0.2, -0.15) is 0 Å². The number of benzene rings is 1. The Morgan fingerprint density at radius 2 is 2.00 bits per heavy atom. The molecule has 0 atom stereocenters. The van der Waals surface area contributed by atoms with Gasteiger partial charge in [-0.3, -0.25) is 4.79 Å². The Morgan fingerprint density at radius 3 is 2.71 bits per heavy atom. The number of aldehydes is 1. The first-order valence-electron chi connectivity index (χ1n) is 3.79. The number of nitrogens with zero attached hydrogens (tertiary/aromatic N) is 2. The number of carbonyl (C=O) groups is 1. The van der Waals surface area contributed by atoms with Crippen molar-refractivity contribution in [1.82, 2.24) is 9.97 Å². The van der Waals surface area contributed by atoms with Gasteiger partial charge in [-0.1, -0.05) is 29.3 Å². The maximum atomic E-state index is 10.5. The van der Waals surface area contributed by atoms with E-state index in [0.717, 1.165) is 0 Å². The molecule has 1 heterocycles. The van der Waals surface area contributed by atoms with Crippen molar-refractivity contribution in [3.8, 4) is 0 Å². The van der Waals surface area contributed by atoms with E-state index >= 15 is 0 Å². The van der Waals surface area contributed by atoms with E-state index in [1.165, 1.54) is 0 Å². The molecule has 14 heavy (non-hydrogen) atoms. The molecule has 1 aromatic heterocycles. The van der Waals surface area contributed by atoms with Gasteiger partial charge in [-0.05, 0) is 12.1 Å². The van der Waals surface area contributed by atoms with Gasteiger partial charge in [-0.15, -0.1) is 0 Å². The molecular formula is C9H4Cl2N2O. The zero-order chi connectivity index (χ0) is 10.1. The molecule has 0 aliphatic rings. The van der Waals surface area contributed by atoms with Crippen LogP contribution in [-0.4, -0.2) is 16.3 Å². The average Bonchev–Trinajstić information content (AvgIpc) is 2.19. The third-order valence-electron chi connectivity index (χ3n) is 1.75. The minimum atomic E-state index is 0.0376. The van der Waals surface area contributed by atoms with Crippen LogP contribution in [0, 0.1) is 0 Å². The van der Waals surface area contributed by atoms with Crippen LogP contribution in [-0.2, 0) is 0 Å². The fourth-order valence-electron chi connectivity index (χ4n) is 1.15. The van der Waals surface area contributed by atoms with Crippen LogP contribution in [0.1, 0.15) is 10.6 Å². The van der Waals surface area contributed by atoms with Crippen LogP contribution in [0.15, 0.2) is 18.2 Å². The van der Waals surface area contributed by atoms with Crippen LogP contribution >= 0.6 is 23.2 Å². The van der Waals surface area contributed by atoms with Gasteiger partial charge in [0, 0.05) is 5.39 Å². The highest BCUT2D eigenvalue weighted by Gasteiger charge is 2.07. The summed E-state index contributed by atoms with van der Waals surface area (Å²) in [6.07, 6.45) is 0.536. The fourth-order valence-corrected chi connectivity index (χ4v) is 1.60. The second-order valence-electron chi connectivity index (χ2n) is 2.63. The minimum Gasteiger partial charge on any atom is -0.294 e. The molecule has 5 heteroatoms. The van der Waals surface area contributed by atoms with Crippen molar-refractivity contribution in [3.05, 3.63) is 34.2 Å². The number of rotatable bonds is 1. The van der Waals surface area contributed by atoms with Crippen molar-refractivity contribution in [3.63, 3.8) is 0 Å². The largest absolute Gasteiger partial charge is 0.294 e. The Balaban J connectivity index is 2.90. The molecule has 0 unspecified atom stereocenters. The van der Waals surface area contributed by atoms with Crippen molar-refractivity contribution in [2.45, 2.75) is 0 Å². The predicted octanol–water partition coefficient (Wildman–Crippen LogP) is 2.75. The number of hydrogen-bond donors (Lipinski definition) is 0. The lowest BCUT2D eigenvalue weighted by molar-refractivity contribution is 0.111. The highest BCUT2D eigenvalue weighted by Crippen LogP contribution is 2.25. The number of hydrogen-bond acceptors (Lipinski definition) is 3. The van der Waals surface area contributed by atoms with Gasteiger partial charge in [0.25, 0.3) is 0 Å². The number of carbonyl (C=O) groups excluding carboxylic acids is 1. The quantitative estimate of drug-likeness (QED) is 0.555. The number of fused-ring (bicyclic) bond motifs is 1. The molecule has 0 fully saturated rings. The van der Waals surface area contributed by atoms with Gasteiger partial charge in [0.2, 0.25) is 0 Å². The Morgan fingerprint density at radius 1 is 1.21 bits per heavy atom. The molecular weight excluding hydrogens is 223 g/mol. The van der Waals surface area contributed by atoms with Gasteiger partial charge >= 0.3 is 0 Å². The first-order valence-corrected chi connectivity index (χ1v) is 4.55. The van der Waals surface area contributed by atoms with Crippen LogP contribution in [0.25, 0.3) is 10.9 Å². The van der Waals surface area contributed by atoms with E-state index in [9.17, 15) is 4.79 Å². The average molecular weight is 227 g/mol. The third kappa shape index (κ3) is 1.45. The zero-order valence-electron chi connectivity index (χ0n) is 6.87. The molecule has 0 bridgehead atoms. The first-order chi connectivity index (χ1) is 6.72. The van der Waals surface area contributed by atoms with E-state index in [1.807, 2.05) is 0 Å². The summed E-state index contributed by atoms with van der Waals surface area (Å²) in [5.41, 5.74) is 0.497. The maximum Gasteiger partial charge on any atom is 0.194 e. The van der Waals surface area contributed by atoms with Gasteiger partial charge in [0.1, 0.15) is 5.15 Å². The Labute approximate surface area is 89.7 Å². The van der Waals surface area contributed by atoms with E-state index in [-0.39, 0.29) is 11.0 Å². The molecule has 0 amide bonds. The lowest BCUT2D eigenvalue weighted by Crippen LogP contribution is -1.94. The van der Waals surface area contributed by atoms with Gasteiger partial charge in [0.15, 0.2) is 12.1 Å². The molecule has 0 aliphatic carbocycles. The summed E-state index contributed by atoms with van der Waals surface area (Å²) in [5, 5.41) is 1.33. The molecule has 0 radical (unpaired) electrons. The second kappa shape index (κ2) is 3.52. The normalized spacial score (nSPS) is 10.4. The SMILES string of the molecule is O=Cc1nc(Cl)c2cccc(Cl)c2n1. The number of halogens is 2. The molecule has 1 aromatic carbocycles. The topological polar surface area (TPSA) is 42.9 Å². The molecule has 2 rings (SSSR count). The highest BCUT2D eigenvalue weighted by molar-refractivity contribution is 6.38. The van der Waals surface area contributed by atoms with Crippen molar-refractivity contribution < 1.29 is 4.79 Å². The van der Waals surface area contributed by atoms with Crippen molar-refractivity contribution >= 4 is 40.4 Å². The zero-order valence-corrected chi connectivity index (χ0v) is 8.38. The fraction of sp³-hybridized carbons (Fsp3) is 0. The summed E-state index contributed by atoms with van der Waals surface area (Å²) >= 11 is 11.7. The van der Waals surface area contributed by atoms with Crippen LogP contribution in [0.2, 0.25) is 10.2 Å². The third-order valence-corrected chi connectivity index (χ3v) is 2.35. The summed E-state index contributed by atoms with van der Waals surface area (Å²) < 4.78 is 0. The van der Waals surface area contributed by atoms with E-state index in [0.29, 0.717) is 22.2 Å². The van der Waals surface area contributed by atoms with Crippen molar-refractivity contribution in [1.29, 1.82) is 0 Å². The van der Waals surface area contributed by atoms with Crippen LogP contribution in [0.5, 0.6) is 0 Å². The molecule has 70 valence electrons. The van der Waals surface area contributed by atoms with E-state index in [1.54, 1.807) is 18.2 Å². The molecule has 0 aliphatic heterocycles. The standard InChI is InChI=1S/C9H4Cl2N2O/c10-6-3-1-2-5-8(6)12-7(4-14)13-9(5)11/h1-4H. The monoisotopic (exact) mass is 226 g/mol. The Bertz CT molecular complexity index is 513. The van der Waals surface area contributed by atoms with E-state index in [4.69, 9.17) is 23.2 Å². The molecule has 3 nitrogen and oxygen atoms in total. The van der Waals surface area contributed by atoms with E-state index < -0.39 is 0 Å². The van der Waals surface area contributed by atoms with Gasteiger partial charge in [0.05, 0.1) is 10.5 Å². The number of para-hydroxylation sites is 1. The summed E-state index contributed by atoms with van der Waals surface area (Å²) in [7, 11) is 0. The smallest absolute Gasteiger partial charge is 0.194 e. The lowest BCUT2D eigenvalue weighted by Gasteiger charge is -2.01. The summed E-state index contributed by atoms with van der Waals surface area (Å²) in [6.45, 7) is 0. The van der Waals surface area contributed by atoms with Gasteiger partial charge in [-0.25, -0.2) is 9.97 Å². The lowest BCUT2D eigenvalue weighted by atomic mass is 10.2. The summed E-state index contributed by atoms with van der Waals surface area (Å²) in [5.74, 6) is 0.0376. The molecule has 0 saturated carbocycles. The summed E-state index contributed by atoms with van der Waals surface area (Å²) in [6, 6.07) is 5.18. The molecule has 0 saturated heterocycles. The van der Waals surface area contributed by atoms with Crippen molar-refractivity contribution in [2.24, 2.45) is 0 Å². The molecule has 0 spiro atoms. The van der Waals surface area contributed by atoms with E-state index in [2.05, 4.69) is 9.97 Å². The maximum absolute atomic E-state index is 10.5. The summed E-state index contributed by atoms with van der Waals surface area (Å²) in [4.78, 5) is 18.2. The van der Waals surface area contributed by atoms with Crippen molar-refractivity contribution in [2.75, 3.05) is 0 Å². The van der Waals surface area contributed by atoms with Crippen LogP contribution in [0.4, 0.5) is 0 Å². The van der Waals surface area contributed by atoms with Gasteiger partial charge < -0.3 is 0 Å². The second-order valence-corrected chi connectivity index (χ2v) is 3.39. The van der Waals surface area contributed by atoms with Crippen LogP contribution in [0.3, 0.4) is 0 Å².